The van der Waals surface area contributed by atoms with Crippen molar-refractivity contribution >= 4 is 12.4 Å². The molecule has 1 atom stereocenters. The quantitative estimate of drug-likeness (QED) is 0.322. The Bertz CT molecular complexity index is 378. The van der Waals surface area contributed by atoms with Gasteiger partial charge in [-0.3, -0.25) is 4.79 Å². The maximum atomic E-state index is 11.9. The summed E-state index contributed by atoms with van der Waals surface area (Å²) in [6.07, 6.45) is 5.41. The average Bonchev–Trinajstić information content (AvgIpc) is 2.43. The van der Waals surface area contributed by atoms with Crippen LogP contribution in [0.15, 0.2) is 30.3 Å². The zero-order valence-electron chi connectivity index (χ0n) is 11.3. The summed E-state index contributed by atoms with van der Waals surface area (Å²) in [6, 6.07) is 8.32. The fraction of sp³-hybridized carbons (Fsp3) is 0.467. The maximum Gasteiger partial charge on any atom is 0.334 e. The van der Waals surface area contributed by atoms with Crippen LogP contribution in [0.5, 0.6) is 5.75 Å². The van der Waals surface area contributed by atoms with Crippen LogP contribution in [0.3, 0.4) is 0 Å². The zero-order valence-corrected chi connectivity index (χ0v) is 11.3. The van der Waals surface area contributed by atoms with Gasteiger partial charge in [0.15, 0.2) is 0 Å². The number of ether oxygens (including phenoxy) is 1. The minimum atomic E-state index is -0.561. The highest BCUT2D eigenvalue weighted by Crippen LogP contribution is 2.12. The van der Waals surface area contributed by atoms with E-state index in [9.17, 15) is 9.59 Å². The number of carbonyl (C=O) groups is 2. The fourth-order valence-corrected chi connectivity index (χ4v) is 1.80. The van der Waals surface area contributed by atoms with Crippen LogP contribution in [0, 0.1) is 0 Å². The van der Waals surface area contributed by atoms with Gasteiger partial charge in [0.05, 0.1) is 0 Å². The van der Waals surface area contributed by atoms with E-state index in [0.717, 1.165) is 25.7 Å². The number of rotatable bonds is 9. The second kappa shape index (κ2) is 9.14. The Morgan fingerprint density at radius 3 is 2.63 bits per heavy atom. The first-order valence-corrected chi connectivity index (χ1v) is 6.74. The first-order valence-electron chi connectivity index (χ1n) is 6.74. The first-order chi connectivity index (χ1) is 9.27. The standard InChI is InChI=1S/C15H21NO3/c1-2-3-4-8-11-14(16-12-17)15(18)19-13-9-6-5-7-10-13/h5-7,9-10,12,14H,2-4,8,11H2,1H3,(H,16,17). The molecule has 0 saturated heterocycles. The number of nitrogens with one attached hydrogen (secondary N) is 1. The van der Waals surface area contributed by atoms with Crippen LogP contribution in [0.2, 0.25) is 0 Å². The summed E-state index contributed by atoms with van der Waals surface area (Å²) in [5.41, 5.74) is 0. The highest BCUT2D eigenvalue weighted by molar-refractivity contribution is 5.80. The van der Waals surface area contributed by atoms with E-state index in [0.29, 0.717) is 18.6 Å². The summed E-state index contributed by atoms with van der Waals surface area (Å²) in [6.45, 7) is 2.13. The first kappa shape index (κ1) is 15.2. The second-order valence-corrected chi connectivity index (χ2v) is 4.42. The van der Waals surface area contributed by atoms with Crippen molar-refractivity contribution in [1.82, 2.24) is 5.32 Å². The van der Waals surface area contributed by atoms with Gasteiger partial charge in [0.2, 0.25) is 6.41 Å². The third-order valence-electron chi connectivity index (χ3n) is 2.86. The van der Waals surface area contributed by atoms with Gasteiger partial charge in [-0.25, -0.2) is 4.79 Å². The molecule has 104 valence electrons. The molecule has 0 aliphatic heterocycles. The molecule has 4 heteroatoms. The number of unbranched alkanes of at least 4 members (excludes halogenated alkanes) is 3. The monoisotopic (exact) mass is 263 g/mol. The lowest BCUT2D eigenvalue weighted by Crippen LogP contribution is -2.38. The Hall–Kier alpha value is -1.84. The molecule has 1 rings (SSSR count). The van der Waals surface area contributed by atoms with Crippen molar-refractivity contribution in [3.8, 4) is 5.75 Å². The second-order valence-electron chi connectivity index (χ2n) is 4.42. The van der Waals surface area contributed by atoms with E-state index in [-0.39, 0.29) is 0 Å². The van der Waals surface area contributed by atoms with Crippen molar-refractivity contribution < 1.29 is 14.3 Å². The third kappa shape index (κ3) is 6.04. The molecule has 0 aromatic heterocycles. The normalized spacial score (nSPS) is 11.6. The fourth-order valence-electron chi connectivity index (χ4n) is 1.80. The molecule has 0 heterocycles. The van der Waals surface area contributed by atoms with Gasteiger partial charge in [-0.05, 0) is 18.6 Å². The lowest BCUT2D eigenvalue weighted by molar-refractivity contribution is -0.138. The topological polar surface area (TPSA) is 55.4 Å². The molecule has 4 nitrogen and oxygen atoms in total. The van der Waals surface area contributed by atoms with Gasteiger partial charge in [0, 0.05) is 0 Å². The van der Waals surface area contributed by atoms with Crippen LogP contribution >= 0.6 is 0 Å². The van der Waals surface area contributed by atoms with Crippen molar-refractivity contribution in [2.75, 3.05) is 0 Å². The molecule has 1 unspecified atom stereocenters. The molecular weight excluding hydrogens is 242 g/mol. The lowest BCUT2D eigenvalue weighted by Gasteiger charge is -2.14. The molecule has 0 saturated carbocycles. The molecule has 1 N–H and O–H groups in total. The van der Waals surface area contributed by atoms with Crippen LogP contribution in [-0.2, 0) is 9.59 Å². The number of para-hydroxylation sites is 1. The number of carbonyl (C=O) groups excluding carboxylic acids is 2. The molecule has 1 aromatic carbocycles. The smallest absolute Gasteiger partial charge is 0.334 e. The van der Waals surface area contributed by atoms with Crippen molar-refractivity contribution in [3.05, 3.63) is 30.3 Å². The average molecular weight is 263 g/mol. The van der Waals surface area contributed by atoms with E-state index < -0.39 is 12.0 Å². The Balaban J connectivity index is 2.45. The number of amides is 1. The SMILES string of the molecule is CCCCCCC(NC=O)C(=O)Oc1ccccc1. The summed E-state index contributed by atoms with van der Waals surface area (Å²) >= 11 is 0. The van der Waals surface area contributed by atoms with Gasteiger partial charge in [-0.15, -0.1) is 0 Å². The molecule has 1 aromatic rings. The third-order valence-corrected chi connectivity index (χ3v) is 2.86. The minimum absolute atomic E-state index is 0.408. The number of benzene rings is 1. The van der Waals surface area contributed by atoms with E-state index in [2.05, 4.69) is 12.2 Å². The molecule has 0 fully saturated rings. The lowest BCUT2D eigenvalue weighted by atomic mass is 10.1. The van der Waals surface area contributed by atoms with Crippen molar-refractivity contribution in [2.45, 2.75) is 45.1 Å². The summed E-state index contributed by atoms with van der Waals surface area (Å²) in [5, 5.41) is 2.52. The van der Waals surface area contributed by atoms with Gasteiger partial charge >= 0.3 is 5.97 Å². The Morgan fingerprint density at radius 1 is 1.26 bits per heavy atom. The summed E-state index contributed by atoms with van der Waals surface area (Å²) in [5.74, 6) is 0.0913. The molecule has 0 aliphatic rings. The molecule has 1 amide bonds. The van der Waals surface area contributed by atoms with Crippen LogP contribution in [0.1, 0.15) is 39.0 Å². The number of hydrogen-bond acceptors (Lipinski definition) is 3. The van der Waals surface area contributed by atoms with Crippen molar-refractivity contribution in [1.29, 1.82) is 0 Å². The summed E-state index contributed by atoms with van der Waals surface area (Å²) in [4.78, 5) is 22.5. The van der Waals surface area contributed by atoms with E-state index >= 15 is 0 Å². The molecule has 19 heavy (non-hydrogen) atoms. The largest absolute Gasteiger partial charge is 0.425 e. The molecule has 0 spiro atoms. The van der Waals surface area contributed by atoms with E-state index in [1.54, 1.807) is 24.3 Å². The molecule has 0 bridgehead atoms. The van der Waals surface area contributed by atoms with Crippen LogP contribution in [-0.4, -0.2) is 18.4 Å². The highest BCUT2D eigenvalue weighted by atomic mass is 16.5. The predicted molar refractivity (Wildman–Crippen MR) is 73.8 cm³/mol. The van der Waals surface area contributed by atoms with Gasteiger partial charge in [-0.2, -0.15) is 0 Å². The zero-order chi connectivity index (χ0) is 13.9. The minimum Gasteiger partial charge on any atom is -0.425 e. The van der Waals surface area contributed by atoms with Crippen LogP contribution in [0.4, 0.5) is 0 Å². The van der Waals surface area contributed by atoms with Crippen LogP contribution < -0.4 is 10.1 Å². The Kier molecular flexibility index (Phi) is 7.32. The Morgan fingerprint density at radius 2 is 2.00 bits per heavy atom. The van der Waals surface area contributed by atoms with Crippen molar-refractivity contribution in [3.63, 3.8) is 0 Å². The summed E-state index contributed by atoms with van der Waals surface area (Å²) < 4.78 is 5.23. The van der Waals surface area contributed by atoms with Crippen molar-refractivity contribution in [2.24, 2.45) is 0 Å². The highest BCUT2D eigenvalue weighted by Gasteiger charge is 2.19. The number of esters is 1. The maximum absolute atomic E-state index is 11.9. The molecule has 0 aliphatic carbocycles. The van der Waals surface area contributed by atoms with E-state index in [4.69, 9.17) is 4.74 Å². The van der Waals surface area contributed by atoms with E-state index in [1.807, 2.05) is 6.07 Å². The van der Waals surface area contributed by atoms with Gasteiger partial charge in [-0.1, -0.05) is 50.8 Å². The summed E-state index contributed by atoms with van der Waals surface area (Å²) in [7, 11) is 0. The molecular formula is C15H21NO3. The molecule has 0 radical (unpaired) electrons. The number of hydrogen-bond donors (Lipinski definition) is 1. The van der Waals surface area contributed by atoms with Gasteiger partial charge < -0.3 is 10.1 Å². The van der Waals surface area contributed by atoms with E-state index in [1.165, 1.54) is 0 Å². The van der Waals surface area contributed by atoms with Gasteiger partial charge in [0.1, 0.15) is 11.8 Å². The Labute approximate surface area is 114 Å². The predicted octanol–water partition coefficient (Wildman–Crippen LogP) is 2.68. The van der Waals surface area contributed by atoms with Crippen LogP contribution in [0.25, 0.3) is 0 Å². The van der Waals surface area contributed by atoms with Gasteiger partial charge in [0.25, 0.3) is 0 Å².